The minimum atomic E-state index is -4.38. The first-order chi connectivity index (χ1) is 31.0. The maximum atomic E-state index is 12.8. The van der Waals surface area contributed by atoms with E-state index in [-0.39, 0.29) is 32.0 Å². The molecule has 0 aromatic carbocycles. The lowest BCUT2D eigenvalue weighted by molar-refractivity contribution is -0.870. The monoisotopic (exact) mass is 925 g/mol. The molecule has 0 aliphatic heterocycles. The van der Waals surface area contributed by atoms with E-state index < -0.39 is 26.5 Å². The average Bonchev–Trinajstić information content (AvgIpc) is 3.25. The van der Waals surface area contributed by atoms with E-state index in [4.69, 9.17) is 18.5 Å². The average molecular weight is 925 g/mol. The second-order valence-electron chi connectivity index (χ2n) is 19.3. The van der Waals surface area contributed by atoms with Gasteiger partial charge in [-0.3, -0.25) is 18.6 Å². The van der Waals surface area contributed by atoms with Crippen LogP contribution in [0.15, 0.2) is 36.5 Å². The van der Waals surface area contributed by atoms with Crippen LogP contribution in [0.3, 0.4) is 0 Å². The first-order valence-corrected chi connectivity index (χ1v) is 28.2. The quantitative estimate of drug-likeness (QED) is 0.0211. The van der Waals surface area contributed by atoms with Gasteiger partial charge in [-0.05, 0) is 70.6 Å². The lowest BCUT2D eigenvalue weighted by atomic mass is 10.0. The molecule has 0 aromatic heterocycles. The van der Waals surface area contributed by atoms with Gasteiger partial charge in [0.05, 0.1) is 27.7 Å². The molecule has 2 unspecified atom stereocenters. The molecule has 0 fully saturated rings. The summed E-state index contributed by atoms with van der Waals surface area (Å²) < 4.78 is 34.5. The molecule has 0 bridgehead atoms. The highest BCUT2D eigenvalue weighted by Gasteiger charge is 2.27. The predicted octanol–water partition coefficient (Wildman–Crippen LogP) is 16.0. The van der Waals surface area contributed by atoms with Gasteiger partial charge in [0, 0.05) is 12.8 Å². The maximum Gasteiger partial charge on any atom is 0.472 e. The number of hydrogen-bond donors (Lipinski definition) is 1. The minimum Gasteiger partial charge on any atom is -0.462 e. The molecule has 2 atom stereocenters. The van der Waals surface area contributed by atoms with E-state index in [1.54, 1.807) is 0 Å². The van der Waals surface area contributed by atoms with Crippen molar-refractivity contribution in [3.8, 4) is 0 Å². The highest BCUT2D eigenvalue weighted by molar-refractivity contribution is 7.47. The summed E-state index contributed by atoms with van der Waals surface area (Å²) >= 11 is 0. The fourth-order valence-electron chi connectivity index (χ4n) is 7.45. The number of phosphoric acid groups is 1. The molecule has 64 heavy (non-hydrogen) atoms. The Morgan fingerprint density at radius 3 is 1.28 bits per heavy atom. The van der Waals surface area contributed by atoms with Gasteiger partial charge in [-0.25, -0.2) is 4.57 Å². The van der Waals surface area contributed by atoms with Crippen molar-refractivity contribution in [1.29, 1.82) is 0 Å². The van der Waals surface area contributed by atoms with E-state index in [0.29, 0.717) is 17.4 Å². The van der Waals surface area contributed by atoms with Crippen molar-refractivity contribution in [2.24, 2.45) is 0 Å². The minimum absolute atomic E-state index is 0.0304. The Morgan fingerprint density at radius 1 is 0.484 bits per heavy atom. The second kappa shape index (κ2) is 46.3. The molecule has 0 radical (unpaired) electrons. The number of unbranched alkanes of at least 4 members (excludes halogenated alkanes) is 29. The van der Waals surface area contributed by atoms with Crippen LogP contribution in [0.2, 0.25) is 0 Å². The fourth-order valence-corrected chi connectivity index (χ4v) is 8.19. The van der Waals surface area contributed by atoms with E-state index in [2.05, 4.69) is 50.3 Å². The van der Waals surface area contributed by atoms with Crippen molar-refractivity contribution < 1.29 is 42.1 Å². The number of likely N-dealkylation sites (N-methyl/N-ethyl adjacent to an activating group) is 1. The summed E-state index contributed by atoms with van der Waals surface area (Å²) in [4.78, 5) is 35.6. The van der Waals surface area contributed by atoms with Crippen LogP contribution in [-0.4, -0.2) is 74.9 Å². The molecule has 0 saturated heterocycles. The van der Waals surface area contributed by atoms with Gasteiger partial charge >= 0.3 is 19.8 Å². The molecule has 0 amide bonds. The number of nitrogens with zero attached hydrogens (tertiary/aromatic N) is 1. The van der Waals surface area contributed by atoms with Crippen LogP contribution < -0.4 is 0 Å². The summed E-state index contributed by atoms with van der Waals surface area (Å²) in [6, 6.07) is 0. The molecule has 10 heteroatoms. The van der Waals surface area contributed by atoms with Crippen LogP contribution in [-0.2, 0) is 32.7 Å². The molecule has 0 rings (SSSR count). The molecule has 0 heterocycles. The molecular formula is C54H103NO8P+. The van der Waals surface area contributed by atoms with Gasteiger partial charge in [-0.1, -0.05) is 198 Å². The standard InChI is InChI=1S/C54H102NO8P/c1-6-8-10-12-14-16-18-20-22-24-25-26-27-28-29-31-32-34-36-38-40-42-44-46-53(56)60-50-52(51-62-64(58,59)61-49-48-55(3,4)5)63-54(57)47-45-43-41-39-37-35-33-30-23-21-19-17-15-13-11-9-7-2/h15,17,21,23-25,52H,6-14,16,18-20,22,26-51H2,1-5H3/p+1/b17-15-,23-21-,25-24-. The van der Waals surface area contributed by atoms with Crippen molar-refractivity contribution in [2.75, 3.05) is 47.5 Å². The highest BCUT2D eigenvalue weighted by atomic mass is 31.2. The normalized spacial score (nSPS) is 13.7. The number of rotatable bonds is 49. The number of quaternary nitrogens is 1. The van der Waals surface area contributed by atoms with Crippen LogP contribution in [0, 0.1) is 0 Å². The second-order valence-corrected chi connectivity index (χ2v) is 20.7. The van der Waals surface area contributed by atoms with Gasteiger partial charge in [0.1, 0.15) is 19.8 Å². The van der Waals surface area contributed by atoms with Crippen molar-refractivity contribution in [3.05, 3.63) is 36.5 Å². The Hall–Kier alpha value is -1.77. The molecule has 376 valence electrons. The summed E-state index contributed by atoms with van der Waals surface area (Å²) in [5, 5.41) is 0. The fraction of sp³-hybridized carbons (Fsp3) is 0.852. The number of carbonyl (C=O) groups excluding carboxylic acids is 2. The summed E-state index contributed by atoms with van der Waals surface area (Å²) in [5.74, 6) is -0.800. The lowest BCUT2D eigenvalue weighted by Crippen LogP contribution is -2.37. The molecule has 0 saturated carbocycles. The van der Waals surface area contributed by atoms with E-state index >= 15 is 0 Å². The van der Waals surface area contributed by atoms with Gasteiger partial charge in [-0.2, -0.15) is 0 Å². The van der Waals surface area contributed by atoms with E-state index in [1.807, 2.05) is 21.1 Å². The first-order valence-electron chi connectivity index (χ1n) is 26.7. The predicted molar refractivity (Wildman–Crippen MR) is 270 cm³/mol. The van der Waals surface area contributed by atoms with Crippen LogP contribution >= 0.6 is 7.82 Å². The summed E-state index contributed by atoms with van der Waals surface area (Å²) in [7, 11) is 1.48. The van der Waals surface area contributed by atoms with Crippen LogP contribution in [0.4, 0.5) is 0 Å². The summed E-state index contributed by atoms with van der Waals surface area (Å²) in [6.45, 7) is 4.42. The third-order valence-electron chi connectivity index (χ3n) is 11.6. The molecule has 0 aliphatic carbocycles. The van der Waals surface area contributed by atoms with Crippen molar-refractivity contribution in [1.82, 2.24) is 0 Å². The number of ether oxygens (including phenoxy) is 2. The summed E-state index contributed by atoms with van der Waals surface area (Å²) in [5.41, 5.74) is 0. The lowest BCUT2D eigenvalue weighted by Gasteiger charge is -2.24. The largest absolute Gasteiger partial charge is 0.472 e. The number of phosphoric ester groups is 1. The van der Waals surface area contributed by atoms with E-state index in [0.717, 1.165) is 51.4 Å². The van der Waals surface area contributed by atoms with Crippen molar-refractivity contribution in [2.45, 2.75) is 251 Å². The highest BCUT2D eigenvalue weighted by Crippen LogP contribution is 2.43. The van der Waals surface area contributed by atoms with Crippen LogP contribution in [0.5, 0.6) is 0 Å². The van der Waals surface area contributed by atoms with Gasteiger partial charge in [-0.15, -0.1) is 0 Å². The Balaban J connectivity index is 4.20. The molecule has 0 spiro atoms. The number of allylic oxidation sites excluding steroid dienone is 6. The maximum absolute atomic E-state index is 12.8. The van der Waals surface area contributed by atoms with Crippen molar-refractivity contribution in [3.63, 3.8) is 0 Å². The molecule has 0 aliphatic rings. The Kier molecular flexibility index (Phi) is 45.1. The zero-order chi connectivity index (χ0) is 47.1. The van der Waals surface area contributed by atoms with Crippen molar-refractivity contribution >= 4 is 19.8 Å². The Morgan fingerprint density at radius 2 is 0.844 bits per heavy atom. The van der Waals surface area contributed by atoms with Crippen LogP contribution in [0.1, 0.15) is 245 Å². The number of carbonyl (C=O) groups is 2. The topological polar surface area (TPSA) is 108 Å². The Bertz CT molecular complexity index is 1180. The van der Waals surface area contributed by atoms with E-state index in [9.17, 15) is 19.0 Å². The van der Waals surface area contributed by atoms with Gasteiger partial charge in [0.15, 0.2) is 6.10 Å². The SMILES string of the molecule is CCCCC/C=C\C/C=C\CCCCCCCCCC(=O)OC(COC(=O)CCCCCCCCCCCCC/C=C\CCCCCCCCCC)COP(=O)(O)OCC[N+](C)(C)C. The molecule has 9 nitrogen and oxygen atoms in total. The zero-order valence-electron chi connectivity index (χ0n) is 42.5. The van der Waals surface area contributed by atoms with E-state index in [1.165, 1.54) is 161 Å². The zero-order valence-corrected chi connectivity index (χ0v) is 43.4. The number of esters is 2. The molecule has 0 aromatic rings. The summed E-state index contributed by atoms with van der Waals surface area (Å²) in [6.07, 6.45) is 54.8. The molecule has 1 N–H and O–H groups in total. The number of hydrogen-bond acceptors (Lipinski definition) is 7. The Labute approximate surface area is 395 Å². The van der Waals surface area contributed by atoms with Gasteiger partial charge < -0.3 is 18.9 Å². The van der Waals surface area contributed by atoms with Gasteiger partial charge in [0.25, 0.3) is 0 Å². The van der Waals surface area contributed by atoms with Gasteiger partial charge in [0.2, 0.25) is 0 Å². The third-order valence-corrected chi connectivity index (χ3v) is 12.6. The smallest absolute Gasteiger partial charge is 0.462 e. The van der Waals surface area contributed by atoms with Crippen LogP contribution in [0.25, 0.3) is 0 Å². The third kappa shape index (κ3) is 49.7. The molecular weight excluding hydrogens is 822 g/mol. The first kappa shape index (κ1) is 62.2.